The summed E-state index contributed by atoms with van der Waals surface area (Å²) in [5.74, 6) is -0.861. The van der Waals surface area contributed by atoms with E-state index in [2.05, 4.69) is 10.8 Å². The van der Waals surface area contributed by atoms with Gasteiger partial charge in [0.1, 0.15) is 12.8 Å². The van der Waals surface area contributed by atoms with E-state index in [-0.39, 0.29) is 24.8 Å². The van der Waals surface area contributed by atoms with Gasteiger partial charge in [0.2, 0.25) is 21.8 Å². The van der Waals surface area contributed by atoms with Crippen LogP contribution in [0.2, 0.25) is 0 Å². The van der Waals surface area contributed by atoms with Crippen LogP contribution in [0.1, 0.15) is 37.7 Å². The lowest BCUT2D eigenvalue weighted by Crippen LogP contribution is -2.49. The van der Waals surface area contributed by atoms with E-state index in [9.17, 15) is 22.4 Å². The molecule has 0 radical (unpaired) electrons. The predicted molar refractivity (Wildman–Crippen MR) is 126 cm³/mol. The minimum atomic E-state index is -3.81. The number of aromatic nitrogens is 1. The second-order valence-electron chi connectivity index (χ2n) is 9.30. The zero-order valence-electron chi connectivity index (χ0n) is 19.4. The summed E-state index contributed by atoms with van der Waals surface area (Å²) in [6.45, 7) is 2.75. The van der Waals surface area contributed by atoms with Crippen molar-refractivity contribution in [2.75, 3.05) is 26.4 Å². The second-order valence-corrected chi connectivity index (χ2v) is 11.3. The lowest BCUT2D eigenvalue weighted by atomic mass is 9.87. The standard InChI is InChI=1S/C24H32FN3O5S/c1-17-2-7-22-19(14-17)8-10-27(22)11-9-23(29)26-34(31,32)21-5-3-18(4-6-21)24(30)28-12-13-33-20(15-25)16-28/h2,7-8,10,14,18,20-21H,3-6,9,11-13,15-16H2,1H3,(H,26,29). The van der Waals surface area contributed by atoms with Gasteiger partial charge >= 0.3 is 0 Å². The van der Waals surface area contributed by atoms with E-state index in [0.717, 1.165) is 16.5 Å². The Kier molecular flexibility index (Phi) is 7.57. The number of fused-ring (bicyclic) bond motifs is 1. The van der Waals surface area contributed by atoms with Crippen LogP contribution < -0.4 is 4.72 Å². The molecular formula is C24H32FN3O5S. The highest BCUT2D eigenvalue weighted by Gasteiger charge is 2.36. The average molecular weight is 494 g/mol. The van der Waals surface area contributed by atoms with Gasteiger partial charge in [0.25, 0.3) is 0 Å². The zero-order valence-corrected chi connectivity index (χ0v) is 20.2. The number of hydrogen-bond donors (Lipinski definition) is 1. The van der Waals surface area contributed by atoms with Crippen molar-refractivity contribution in [3.05, 3.63) is 36.0 Å². The molecule has 2 aromatic rings. The summed E-state index contributed by atoms with van der Waals surface area (Å²) in [6, 6.07) is 8.04. The van der Waals surface area contributed by atoms with Gasteiger partial charge in [-0.25, -0.2) is 12.8 Å². The third-order valence-corrected chi connectivity index (χ3v) is 8.71. The van der Waals surface area contributed by atoms with Crippen molar-refractivity contribution in [1.29, 1.82) is 0 Å². The molecule has 186 valence electrons. The maximum absolute atomic E-state index is 12.9. The van der Waals surface area contributed by atoms with Crippen LogP contribution in [0.15, 0.2) is 30.5 Å². The van der Waals surface area contributed by atoms with Crippen molar-refractivity contribution in [3.8, 4) is 0 Å². The normalized spacial score (nSPS) is 23.7. The lowest BCUT2D eigenvalue weighted by Gasteiger charge is -2.36. The SMILES string of the molecule is Cc1ccc2c(ccn2CCC(=O)NS(=O)(=O)C2CCC(C(=O)N3CCOC(CF)C3)CC2)c1. The quantitative estimate of drug-likeness (QED) is 0.639. The molecule has 8 nitrogen and oxygen atoms in total. The molecule has 1 aliphatic carbocycles. The number of morpholine rings is 1. The van der Waals surface area contributed by atoms with Gasteiger partial charge in [-0.3, -0.25) is 14.3 Å². The number of rotatable bonds is 7. The van der Waals surface area contributed by atoms with Crippen LogP contribution in [-0.2, 0) is 30.9 Å². The van der Waals surface area contributed by atoms with Gasteiger partial charge in [-0.2, -0.15) is 0 Å². The largest absolute Gasteiger partial charge is 0.372 e. The molecule has 2 aliphatic rings. The number of sulfonamides is 1. The van der Waals surface area contributed by atoms with Crippen molar-refractivity contribution < 1.29 is 27.1 Å². The highest BCUT2D eigenvalue weighted by molar-refractivity contribution is 7.90. The van der Waals surface area contributed by atoms with Gasteiger partial charge in [-0.15, -0.1) is 0 Å². The molecule has 2 fully saturated rings. The van der Waals surface area contributed by atoms with E-state index in [0.29, 0.717) is 45.4 Å². The van der Waals surface area contributed by atoms with Crippen LogP contribution in [0.25, 0.3) is 10.9 Å². The molecule has 1 saturated heterocycles. The highest BCUT2D eigenvalue weighted by Crippen LogP contribution is 2.30. The number of benzene rings is 1. The van der Waals surface area contributed by atoms with E-state index in [1.807, 2.05) is 35.9 Å². The maximum Gasteiger partial charge on any atom is 0.237 e. The average Bonchev–Trinajstić information content (AvgIpc) is 3.24. The summed E-state index contributed by atoms with van der Waals surface area (Å²) in [5, 5.41) is 0.385. The van der Waals surface area contributed by atoms with Gasteiger partial charge < -0.3 is 14.2 Å². The third kappa shape index (κ3) is 5.60. The van der Waals surface area contributed by atoms with Crippen LogP contribution in [0, 0.1) is 12.8 Å². The topological polar surface area (TPSA) is 97.7 Å². The molecule has 4 rings (SSSR count). The van der Waals surface area contributed by atoms with Crippen LogP contribution in [0.3, 0.4) is 0 Å². The molecule has 1 aromatic heterocycles. The van der Waals surface area contributed by atoms with E-state index in [1.54, 1.807) is 4.90 Å². The Morgan fingerprint density at radius 2 is 1.94 bits per heavy atom. The third-order valence-electron chi connectivity index (χ3n) is 6.85. The summed E-state index contributed by atoms with van der Waals surface area (Å²) >= 11 is 0. The Balaban J connectivity index is 1.26. The van der Waals surface area contributed by atoms with Crippen LogP contribution in [0.5, 0.6) is 0 Å². The van der Waals surface area contributed by atoms with Crippen LogP contribution in [0.4, 0.5) is 4.39 Å². The molecule has 0 spiro atoms. The van der Waals surface area contributed by atoms with Gasteiger partial charge in [0.15, 0.2) is 0 Å². The number of aryl methyl sites for hydroxylation is 2. The molecule has 1 N–H and O–H groups in total. The minimum Gasteiger partial charge on any atom is -0.372 e. The Labute approximate surface area is 199 Å². The monoisotopic (exact) mass is 493 g/mol. The number of carbonyl (C=O) groups is 2. The molecular weight excluding hydrogens is 461 g/mol. The van der Waals surface area contributed by atoms with Gasteiger partial charge in [-0.05, 0) is 56.2 Å². The number of halogens is 1. The first kappa shape index (κ1) is 24.7. The molecule has 2 heterocycles. The zero-order chi connectivity index (χ0) is 24.3. The fourth-order valence-corrected chi connectivity index (χ4v) is 6.40. The lowest BCUT2D eigenvalue weighted by molar-refractivity contribution is -0.144. The fraction of sp³-hybridized carbons (Fsp3) is 0.583. The Morgan fingerprint density at radius 1 is 1.18 bits per heavy atom. The first-order chi connectivity index (χ1) is 16.3. The number of ether oxygens (including phenoxy) is 1. The molecule has 1 atom stereocenters. The van der Waals surface area contributed by atoms with Gasteiger partial charge in [0, 0.05) is 43.7 Å². The first-order valence-electron chi connectivity index (χ1n) is 11.8. The minimum absolute atomic E-state index is 0.0531. The summed E-state index contributed by atoms with van der Waals surface area (Å²) in [7, 11) is -3.81. The maximum atomic E-state index is 12.9. The number of nitrogens with one attached hydrogen (secondary N) is 1. The van der Waals surface area contributed by atoms with Gasteiger partial charge in [-0.1, -0.05) is 11.6 Å². The summed E-state index contributed by atoms with van der Waals surface area (Å²) < 4.78 is 47.9. The molecule has 34 heavy (non-hydrogen) atoms. The Morgan fingerprint density at radius 3 is 2.68 bits per heavy atom. The fourth-order valence-electron chi connectivity index (χ4n) is 4.92. The number of amides is 2. The van der Waals surface area contributed by atoms with E-state index in [4.69, 9.17) is 4.74 Å². The van der Waals surface area contributed by atoms with E-state index < -0.39 is 34.0 Å². The Hall–Kier alpha value is -2.46. The second kappa shape index (κ2) is 10.4. The number of carbonyl (C=O) groups excluding carboxylic acids is 2. The smallest absolute Gasteiger partial charge is 0.237 e. The summed E-state index contributed by atoms with van der Waals surface area (Å²) in [6.07, 6.45) is 2.87. The van der Waals surface area contributed by atoms with Gasteiger partial charge in [0.05, 0.1) is 11.9 Å². The predicted octanol–water partition coefficient (Wildman–Crippen LogP) is 2.54. The van der Waals surface area contributed by atoms with Crippen molar-refractivity contribution in [2.45, 2.75) is 56.9 Å². The molecule has 1 aromatic carbocycles. The number of alkyl halides is 1. The van der Waals surface area contributed by atoms with Crippen molar-refractivity contribution in [1.82, 2.24) is 14.2 Å². The number of nitrogens with zero attached hydrogens (tertiary/aromatic N) is 2. The van der Waals surface area contributed by atoms with Crippen molar-refractivity contribution in [2.24, 2.45) is 5.92 Å². The van der Waals surface area contributed by atoms with Crippen molar-refractivity contribution >= 4 is 32.7 Å². The summed E-state index contributed by atoms with van der Waals surface area (Å²) in [5.41, 5.74) is 2.15. The van der Waals surface area contributed by atoms with Crippen molar-refractivity contribution in [3.63, 3.8) is 0 Å². The molecule has 10 heteroatoms. The first-order valence-corrected chi connectivity index (χ1v) is 13.4. The highest BCUT2D eigenvalue weighted by atomic mass is 32.2. The Bertz CT molecular complexity index is 1140. The molecule has 1 unspecified atom stereocenters. The van der Waals surface area contributed by atoms with E-state index >= 15 is 0 Å². The molecule has 2 amide bonds. The van der Waals surface area contributed by atoms with Crippen LogP contribution >= 0.6 is 0 Å². The molecule has 0 bridgehead atoms. The molecule has 1 saturated carbocycles. The number of hydrogen-bond acceptors (Lipinski definition) is 5. The molecule has 1 aliphatic heterocycles. The van der Waals surface area contributed by atoms with E-state index in [1.165, 1.54) is 0 Å². The summed E-state index contributed by atoms with van der Waals surface area (Å²) in [4.78, 5) is 26.8. The van der Waals surface area contributed by atoms with Crippen LogP contribution in [-0.4, -0.2) is 67.4 Å².